The van der Waals surface area contributed by atoms with E-state index in [0.717, 1.165) is 19.4 Å². The zero-order valence-electron chi connectivity index (χ0n) is 10.7. The maximum absolute atomic E-state index is 12.0. The minimum Gasteiger partial charge on any atom is -0.395 e. The number of amides is 1. The Kier molecular flexibility index (Phi) is 5.52. The highest BCUT2D eigenvalue weighted by molar-refractivity contribution is 6.42. The van der Waals surface area contributed by atoms with Gasteiger partial charge >= 0.3 is 0 Å². The molecule has 0 saturated carbocycles. The van der Waals surface area contributed by atoms with E-state index in [1.165, 1.54) is 12.1 Å². The van der Waals surface area contributed by atoms with E-state index in [-0.39, 0.29) is 25.1 Å². The number of rotatable bonds is 4. The zero-order chi connectivity index (χ0) is 14.7. The molecule has 0 spiro atoms. The van der Waals surface area contributed by atoms with Gasteiger partial charge in [0, 0.05) is 11.1 Å². The predicted octanol–water partition coefficient (Wildman–Crippen LogP) is 3.04. The SMILES string of the molecule is O=C(CN1CCC[C@@H]1CO)Nc1c(Cl)cc(Cl)cc1Cl. The Labute approximate surface area is 132 Å². The van der Waals surface area contributed by atoms with Gasteiger partial charge in [0.15, 0.2) is 0 Å². The lowest BCUT2D eigenvalue weighted by atomic mass is 10.2. The van der Waals surface area contributed by atoms with Gasteiger partial charge in [-0.3, -0.25) is 9.69 Å². The van der Waals surface area contributed by atoms with Crippen LogP contribution < -0.4 is 5.32 Å². The van der Waals surface area contributed by atoms with Crippen molar-refractivity contribution in [1.29, 1.82) is 0 Å². The molecule has 1 fully saturated rings. The third kappa shape index (κ3) is 3.77. The lowest BCUT2D eigenvalue weighted by Gasteiger charge is -2.22. The quantitative estimate of drug-likeness (QED) is 0.888. The number of nitrogens with zero attached hydrogens (tertiary/aromatic N) is 1. The van der Waals surface area contributed by atoms with Gasteiger partial charge in [0.05, 0.1) is 28.9 Å². The van der Waals surface area contributed by atoms with Gasteiger partial charge in [-0.05, 0) is 31.5 Å². The molecule has 0 aromatic heterocycles. The van der Waals surface area contributed by atoms with E-state index in [1.807, 2.05) is 4.90 Å². The molecule has 1 heterocycles. The van der Waals surface area contributed by atoms with Crippen LogP contribution in [0.25, 0.3) is 0 Å². The minimum absolute atomic E-state index is 0.0527. The van der Waals surface area contributed by atoms with Gasteiger partial charge in [0.25, 0.3) is 0 Å². The second kappa shape index (κ2) is 6.96. The van der Waals surface area contributed by atoms with Crippen molar-refractivity contribution < 1.29 is 9.90 Å². The van der Waals surface area contributed by atoms with Crippen molar-refractivity contribution >= 4 is 46.4 Å². The average molecular weight is 338 g/mol. The van der Waals surface area contributed by atoms with Crippen LogP contribution in [0.3, 0.4) is 0 Å². The normalized spacial score (nSPS) is 19.3. The Balaban J connectivity index is 2.01. The maximum Gasteiger partial charge on any atom is 0.238 e. The van der Waals surface area contributed by atoms with Crippen molar-refractivity contribution in [2.75, 3.05) is 25.0 Å². The molecule has 2 rings (SSSR count). The first-order chi connectivity index (χ1) is 9.51. The fourth-order valence-corrected chi connectivity index (χ4v) is 3.25. The van der Waals surface area contributed by atoms with Crippen molar-refractivity contribution in [3.8, 4) is 0 Å². The first-order valence-electron chi connectivity index (χ1n) is 6.30. The number of halogens is 3. The number of carbonyl (C=O) groups is 1. The van der Waals surface area contributed by atoms with E-state index in [1.54, 1.807) is 0 Å². The predicted molar refractivity (Wildman–Crippen MR) is 81.8 cm³/mol. The number of aliphatic hydroxyl groups is 1. The molecule has 2 N–H and O–H groups in total. The molecule has 1 atom stereocenters. The van der Waals surface area contributed by atoms with Crippen molar-refractivity contribution in [3.05, 3.63) is 27.2 Å². The molecular formula is C13H15Cl3N2O2. The average Bonchev–Trinajstić information content (AvgIpc) is 2.81. The van der Waals surface area contributed by atoms with Gasteiger partial charge in [0.2, 0.25) is 5.91 Å². The number of carbonyl (C=O) groups excluding carboxylic acids is 1. The summed E-state index contributed by atoms with van der Waals surface area (Å²) in [4.78, 5) is 14.0. The van der Waals surface area contributed by atoms with Crippen molar-refractivity contribution in [1.82, 2.24) is 4.90 Å². The third-order valence-electron chi connectivity index (χ3n) is 3.33. The van der Waals surface area contributed by atoms with E-state index in [0.29, 0.717) is 20.8 Å². The van der Waals surface area contributed by atoms with Crippen LogP contribution >= 0.6 is 34.8 Å². The van der Waals surface area contributed by atoms with Crippen molar-refractivity contribution in [2.24, 2.45) is 0 Å². The smallest absolute Gasteiger partial charge is 0.238 e. The van der Waals surface area contributed by atoms with Crippen LogP contribution in [0.1, 0.15) is 12.8 Å². The highest BCUT2D eigenvalue weighted by Crippen LogP contribution is 2.33. The largest absolute Gasteiger partial charge is 0.395 e. The number of hydrogen-bond donors (Lipinski definition) is 2. The van der Waals surface area contributed by atoms with Crippen molar-refractivity contribution in [3.63, 3.8) is 0 Å². The van der Waals surface area contributed by atoms with Gasteiger partial charge in [0.1, 0.15) is 0 Å². The lowest BCUT2D eigenvalue weighted by molar-refractivity contribution is -0.117. The Morgan fingerprint density at radius 1 is 1.35 bits per heavy atom. The minimum atomic E-state index is -0.212. The molecule has 1 amide bonds. The standard InChI is InChI=1S/C13H15Cl3N2O2/c14-8-4-10(15)13(11(16)5-8)17-12(20)6-18-3-1-2-9(18)7-19/h4-5,9,19H,1-3,6-7H2,(H,17,20)/t9-/m1/s1. The first-order valence-corrected chi connectivity index (χ1v) is 7.44. The molecule has 7 heteroatoms. The van der Waals surface area contributed by atoms with E-state index < -0.39 is 0 Å². The molecule has 1 aromatic rings. The molecule has 0 unspecified atom stereocenters. The van der Waals surface area contributed by atoms with Crippen LogP contribution in [0.15, 0.2) is 12.1 Å². The fourth-order valence-electron chi connectivity index (χ4n) is 2.34. The van der Waals surface area contributed by atoms with Crippen LogP contribution in [0, 0.1) is 0 Å². The molecular weight excluding hydrogens is 323 g/mol. The van der Waals surface area contributed by atoms with E-state index in [2.05, 4.69) is 5.32 Å². The molecule has 4 nitrogen and oxygen atoms in total. The highest BCUT2D eigenvalue weighted by Gasteiger charge is 2.25. The number of anilines is 1. The van der Waals surface area contributed by atoms with Crippen molar-refractivity contribution in [2.45, 2.75) is 18.9 Å². The lowest BCUT2D eigenvalue weighted by Crippen LogP contribution is -2.38. The van der Waals surface area contributed by atoms with Crippen LogP contribution in [0.5, 0.6) is 0 Å². The van der Waals surface area contributed by atoms with Crippen LogP contribution in [-0.4, -0.2) is 41.7 Å². The molecule has 1 aromatic carbocycles. The maximum atomic E-state index is 12.0. The summed E-state index contributed by atoms with van der Waals surface area (Å²) in [5.74, 6) is -0.212. The second-order valence-corrected chi connectivity index (χ2v) is 5.99. The third-order valence-corrected chi connectivity index (χ3v) is 4.14. The second-order valence-electron chi connectivity index (χ2n) is 4.74. The van der Waals surface area contributed by atoms with E-state index >= 15 is 0 Å². The molecule has 1 aliphatic heterocycles. The van der Waals surface area contributed by atoms with Gasteiger partial charge < -0.3 is 10.4 Å². The molecule has 1 saturated heterocycles. The number of benzene rings is 1. The fraction of sp³-hybridized carbons (Fsp3) is 0.462. The van der Waals surface area contributed by atoms with Crippen LogP contribution in [-0.2, 0) is 4.79 Å². The summed E-state index contributed by atoms with van der Waals surface area (Å²) in [5.41, 5.74) is 0.363. The summed E-state index contributed by atoms with van der Waals surface area (Å²) < 4.78 is 0. The molecule has 0 bridgehead atoms. The number of aliphatic hydroxyl groups excluding tert-OH is 1. The van der Waals surface area contributed by atoms with Gasteiger partial charge in [-0.2, -0.15) is 0 Å². The topological polar surface area (TPSA) is 52.6 Å². The number of likely N-dealkylation sites (tertiary alicyclic amines) is 1. The molecule has 0 radical (unpaired) electrons. The molecule has 0 aliphatic carbocycles. The molecule has 1 aliphatic rings. The summed E-state index contributed by atoms with van der Waals surface area (Å²) in [6.07, 6.45) is 1.90. The summed E-state index contributed by atoms with van der Waals surface area (Å²) in [6, 6.07) is 3.10. The number of nitrogens with one attached hydrogen (secondary N) is 1. The monoisotopic (exact) mass is 336 g/mol. The van der Waals surface area contributed by atoms with Gasteiger partial charge in [-0.1, -0.05) is 34.8 Å². The van der Waals surface area contributed by atoms with Crippen LogP contribution in [0.4, 0.5) is 5.69 Å². The van der Waals surface area contributed by atoms with Gasteiger partial charge in [-0.15, -0.1) is 0 Å². The molecule has 20 heavy (non-hydrogen) atoms. The highest BCUT2D eigenvalue weighted by atomic mass is 35.5. The Morgan fingerprint density at radius 3 is 2.60 bits per heavy atom. The summed E-state index contributed by atoms with van der Waals surface area (Å²) >= 11 is 17.8. The van der Waals surface area contributed by atoms with E-state index in [4.69, 9.17) is 34.8 Å². The van der Waals surface area contributed by atoms with Crippen LogP contribution in [0.2, 0.25) is 15.1 Å². The first kappa shape index (κ1) is 15.9. The Morgan fingerprint density at radius 2 is 2.00 bits per heavy atom. The van der Waals surface area contributed by atoms with Gasteiger partial charge in [-0.25, -0.2) is 0 Å². The Hall–Kier alpha value is -0.520. The summed E-state index contributed by atoms with van der Waals surface area (Å²) in [6.45, 7) is 1.08. The van der Waals surface area contributed by atoms with E-state index in [9.17, 15) is 9.90 Å². The summed E-state index contributed by atoms with van der Waals surface area (Å²) in [5, 5.41) is 12.9. The zero-order valence-corrected chi connectivity index (χ0v) is 13.0. The Bertz CT molecular complexity index is 487. The summed E-state index contributed by atoms with van der Waals surface area (Å²) in [7, 11) is 0. The number of hydrogen-bond acceptors (Lipinski definition) is 3. The molecule has 110 valence electrons.